The van der Waals surface area contributed by atoms with Crippen LogP contribution < -0.4 is 25.8 Å². The molecular formula is C24H25N5O3. The number of hydrazone groups is 1. The number of methoxy groups -OCH3 is 1. The van der Waals surface area contributed by atoms with Crippen LogP contribution in [-0.4, -0.2) is 30.3 Å². The molecule has 1 aliphatic heterocycles. The Morgan fingerprint density at radius 1 is 1.12 bits per heavy atom. The van der Waals surface area contributed by atoms with Crippen molar-refractivity contribution in [3.63, 3.8) is 0 Å². The lowest BCUT2D eigenvalue weighted by molar-refractivity contribution is -0.122. The van der Waals surface area contributed by atoms with Crippen molar-refractivity contribution in [2.24, 2.45) is 5.10 Å². The van der Waals surface area contributed by atoms with Gasteiger partial charge in [-0.3, -0.25) is 9.78 Å². The smallest absolute Gasteiger partial charge is 0.258 e. The van der Waals surface area contributed by atoms with Gasteiger partial charge in [0.25, 0.3) is 5.91 Å². The normalized spacial score (nSPS) is 17.9. The molecule has 2 atom stereocenters. The summed E-state index contributed by atoms with van der Waals surface area (Å²) in [6, 6.07) is 20.8. The molecule has 2 heterocycles. The maximum absolute atomic E-state index is 12.4. The van der Waals surface area contributed by atoms with E-state index in [1.165, 1.54) is 6.21 Å². The molecule has 1 fully saturated rings. The second-order valence-corrected chi connectivity index (χ2v) is 7.30. The molecule has 8 nitrogen and oxygen atoms in total. The summed E-state index contributed by atoms with van der Waals surface area (Å²) in [6.45, 7) is 0.459. The van der Waals surface area contributed by atoms with E-state index in [-0.39, 0.29) is 11.9 Å². The fourth-order valence-electron chi connectivity index (χ4n) is 3.39. The van der Waals surface area contributed by atoms with Crippen molar-refractivity contribution >= 4 is 12.1 Å². The number of aromatic nitrogens is 1. The molecule has 1 amide bonds. The van der Waals surface area contributed by atoms with Gasteiger partial charge in [-0.05, 0) is 41.8 Å². The van der Waals surface area contributed by atoms with Crippen molar-refractivity contribution in [1.82, 2.24) is 21.3 Å². The van der Waals surface area contributed by atoms with Gasteiger partial charge in [-0.1, -0.05) is 42.5 Å². The van der Waals surface area contributed by atoms with Crippen LogP contribution in [0, 0.1) is 0 Å². The maximum Gasteiger partial charge on any atom is 0.258 e. The van der Waals surface area contributed by atoms with Gasteiger partial charge in [0.2, 0.25) is 0 Å². The lowest BCUT2D eigenvalue weighted by Gasteiger charge is -2.15. The highest BCUT2D eigenvalue weighted by molar-refractivity contribution is 5.84. The summed E-state index contributed by atoms with van der Waals surface area (Å²) in [7, 11) is 1.62. The van der Waals surface area contributed by atoms with Crippen LogP contribution in [0.5, 0.6) is 11.5 Å². The molecule has 0 aliphatic carbocycles. The molecule has 2 unspecified atom stereocenters. The monoisotopic (exact) mass is 431 g/mol. The highest BCUT2D eigenvalue weighted by atomic mass is 16.5. The van der Waals surface area contributed by atoms with Crippen LogP contribution in [0.1, 0.15) is 29.3 Å². The van der Waals surface area contributed by atoms with Crippen LogP contribution in [0.2, 0.25) is 0 Å². The van der Waals surface area contributed by atoms with Crippen LogP contribution in [0.15, 0.2) is 78.0 Å². The number of ether oxygens (including phenoxy) is 2. The van der Waals surface area contributed by atoms with E-state index in [2.05, 4.69) is 26.4 Å². The topological polar surface area (TPSA) is 96.9 Å². The molecule has 0 spiro atoms. The molecule has 164 valence electrons. The number of benzene rings is 2. The van der Waals surface area contributed by atoms with Gasteiger partial charge in [0.15, 0.2) is 11.5 Å². The summed E-state index contributed by atoms with van der Waals surface area (Å²) in [5, 5.41) is 3.98. The first-order valence-corrected chi connectivity index (χ1v) is 10.3. The summed E-state index contributed by atoms with van der Waals surface area (Å²) >= 11 is 0. The van der Waals surface area contributed by atoms with Gasteiger partial charge in [-0.15, -0.1) is 0 Å². The number of hydrazine groups is 1. The first-order chi connectivity index (χ1) is 15.7. The summed E-state index contributed by atoms with van der Waals surface area (Å²) < 4.78 is 11.5. The molecule has 32 heavy (non-hydrogen) atoms. The molecule has 0 bridgehead atoms. The molecule has 3 aromatic rings. The average molecular weight is 431 g/mol. The molecule has 3 N–H and O–H groups in total. The van der Waals surface area contributed by atoms with Crippen molar-refractivity contribution in [1.29, 1.82) is 0 Å². The Bertz CT molecular complexity index is 1060. The molecule has 4 rings (SSSR count). The minimum absolute atomic E-state index is 0.0532. The molecule has 1 saturated heterocycles. The molecular weight excluding hydrogens is 406 g/mol. The average Bonchev–Trinajstić information content (AvgIpc) is 3.34. The van der Waals surface area contributed by atoms with Crippen molar-refractivity contribution in [2.75, 3.05) is 7.11 Å². The Labute approximate surface area is 186 Å². The minimum atomic E-state index is -0.416. The SMILES string of the molecule is COc1cc(C2CC(C(=O)N/N=C/c3ccccn3)NN2)ccc1OCc1ccccc1. The van der Waals surface area contributed by atoms with E-state index < -0.39 is 6.04 Å². The van der Waals surface area contributed by atoms with E-state index in [4.69, 9.17) is 9.47 Å². The second-order valence-electron chi connectivity index (χ2n) is 7.30. The Kier molecular flexibility index (Phi) is 7.06. The van der Waals surface area contributed by atoms with E-state index in [1.54, 1.807) is 13.3 Å². The van der Waals surface area contributed by atoms with Crippen molar-refractivity contribution in [3.05, 3.63) is 89.7 Å². The number of nitrogens with one attached hydrogen (secondary N) is 3. The van der Waals surface area contributed by atoms with E-state index in [0.29, 0.717) is 30.2 Å². The summed E-state index contributed by atoms with van der Waals surface area (Å²) in [6.07, 6.45) is 3.75. The zero-order valence-electron chi connectivity index (χ0n) is 17.7. The van der Waals surface area contributed by atoms with E-state index >= 15 is 0 Å². The third-order valence-electron chi connectivity index (χ3n) is 5.11. The van der Waals surface area contributed by atoms with Gasteiger partial charge >= 0.3 is 0 Å². The number of hydrogen-bond donors (Lipinski definition) is 3. The van der Waals surface area contributed by atoms with Crippen LogP contribution in [-0.2, 0) is 11.4 Å². The number of carbonyl (C=O) groups excluding carboxylic acids is 1. The van der Waals surface area contributed by atoms with Gasteiger partial charge in [-0.25, -0.2) is 16.3 Å². The number of pyridine rings is 1. The van der Waals surface area contributed by atoms with Crippen LogP contribution >= 0.6 is 0 Å². The zero-order chi connectivity index (χ0) is 22.2. The molecule has 2 aromatic carbocycles. The van der Waals surface area contributed by atoms with E-state index in [1.807, 2.05) is 66.7 Å². The Balaban J connectivity index is 1.33. The highest BCUT2D eigenvalue weighted by Crippen LogP contribution is 2.33. The lowest BCUT2D eigenvalue weighted by Crippen LogP contribution is -2.41. The van der Waals surface area contributed by atoms with Crippen molar-refractivity contribution in [3.8, 4) is 11.5 Å². The van der Waals surface area contributed by atoms with Crippen molar-refractivity contribution in [2.45, 2.75) is 25.1 Å². The largest absolute Gasteiger partial charge is 0.493 e. The quantitative estimate of drug-likeness (QED) is 0.375. The second kappa shape index (κ2) is 10.5. The van der Waals surface area contributed by atoms with Crippen LogP contribution in [0.25, 0.3) is 0 Å². The van der Waals surface area contributed by atoms with Gasteiger partial charge < -0.3 is 9.47 Å². The Hall–Kier alpha value is -3.75. The van der Waals surface area contributed by atoms with E-state index in [9.17, 15) is 4.79 Å². The predicted octanol–water partition coefficient (Wildman–Crippen LogP) is 2.73. The highest BCUT2D eigenvalue weighted by Gasteiger charge is 2.30. The molecule has 1 aromatic heterocycles. The van der Waals surface area contributed by atoms with Gasteiger partial charge in [0.05, 0.1) is 19.0 Å². The van der Waals surface area contributed by atoms with Crippen LogP contribution in [0.3, 0.4) is 0 Å². The summed E-state index contributed by atoms with van der Waals surface area (Å²) in [5.41, 5.74) is 11.5. The number of nitrogens with zero attached hydrogens (tertiary/aromatic N) is 2. The third kappa shape index (κ3) is 5.48. The minimum Gasteiger partial charge on any atom is -0.493 e. The fraction of sp³-hybridized carbons (Fsp3) is 0.208. The van der Waals surface area contributed by atoms with Crippen molar-refractivity contribution < 1.29 is 14.3 Å². The number of amides is 1. The molecule has 0 radical (unpaired) electrons. The van der Waals surface area contributed by atoms with E-state index in [0.717, 1.165) is 11.1 Å². The molecule has 0 saturated carbocycles. The van der Waals surface area contributed by atoms with Gasteiger partial charge in [0.1, 0.15) is 12.6 Å². The zero-order valence-corrected chi connectivity index (χ0v) is 17.7. The number of carbonyl (C=O) groups is 1. The number of rotatable bonds is 8. The first-order valence-electron chi connectivity index (χ1n) is 10.3. The predicted molar refractivity (Wildman–Crippen MR) is 121 cm³/mol. The van der Waals surface area contributed by atoms with Gasteiger partial charge in [0, 0.05) is 12.2 Å². The summed E-state index contributed by atoms with van der Waals surface area (Å²) in [5.74, 6) is 1.10. The number of hydrogen-bond acceptors (Lipinski definition) is 7. The third-order valence-corrected chi connectivity index (χ3v) is 5.11. The maximum atomic E-state index is 12.4. The Morgan fingerprint density at radius 2 is 1.97 bits per heavy atom. The standard InChI is InChI=1S/C24H25N5O3/c1-31-23-13-18(10-11-22(23)32-16-17-7-3-2-4-8-17)20-14-21(28-27-20)24(30)29-26-15-19-9-5-6-12-25-19/h2-13,15,20-21,27-28H,14,16H2,1H3,(H,29,30)/b26-15+. The summed E-state index contributed by atoms with van der Waals surface area (Å²) in [4.78, 5) is 16.5. The molecule has 8 heteroatoms. The molecule has 1 aliphatic rings. The lowest BCUT2D eigenvalue weighted by atomic mass is 10.0. The van der Waals surface area contributed by atoms with Crippen LogP contribution in [0.4, 0.5) is 0 Å². The first kappa shape index (κ1) is 21.5. The fourth-order valence-corrected chi connectivity index (χ4v) is 3.39. The Morgan fingerprint density at radius 3 is 2.75 bits per heavy atom. The van der Waals surface area contributed by atoms with Gasteiger partial charge in [-0.2, -0.15) is 5.10 Å².